The summed E-state index contributed by atoms with van der Waals surface area (Å²) < 4.78 is 0. The Balaban J connectivity index is 1.63. The van der Waals surface area contributed by atoms with Gasteiger partial charge >= 0.3 is 0 Å². The third-order valence-electron chi connectivity index (χ3n) is 5.04. The average Bonchev–Trinajstić information content (AvgIpc) is 3.06. The Bertz CT molecular complexity index is 359. The molecule has 0 atom stereocenters. The van der Waals surface area contributed by atoms with Crippen LogP contribution < -0.4 is 5.32 Å². The van der Waals surface area contributed by atoms with E-state index in [0.29, 0.717) is 39.0 Å². The Labute approximate surface area is 134 Å². The van der Waals surface area contributed by atoms with Crippen molar-refractivity contribution in [3.63, 3.8) is 0 Å². The van der Waals surface area contributed by atoms with Crippen LogP contribution in [0.1, 0.15) is 51.4 Å². The van der Waals surface area contributed by atoms with Gasteiger partial charge in [-0.1, -0.05) is 25.7 Å². The molecule has 126 valence electrons. The second-order valence-corrected chi connectivity index (χ2v) is 6.66. The molecular weight excluding hydrogens is 278 g/mol. The van der Waals surface area contributed by atoms with Gasteiger partial charge in [0.05, 0.1) is 0 Å². The van der Waals surface area contributed by atoms with Crippen molar-refractivity contribution in [3.05, 3.63) is 0 Å². The van der Waals surface area contributed by atoms with E-state index >= 15 is 0 Å². The Morgan fingerprint density at radius 1 is 0.955 bits per heavy atom. The standard InChI is InChI=1S/C17H31N3O2/c1-18-10-4-7-16(21)19-11-13-20(14-12-19)17(22)9-8-15-5-2-3-6-15/h15,18H,2-14H2,1H3. The van der Waals surface area contributed by atoms with Crippen LogP contribution >= 0.6 is 0 Å². The van der Waals surface area contributed by atoms with Crippen molar-refractivity contribution in [2.24, 2.45) is 5.92 Å². The lowest BCUT2D eigenvalue weighted by molar-refractivity contribution is -0.139. The van der Waals surface area contributed by atoms with Gasteiger partial charge in [-0.25, -0.2) is 0 Å². The van der Waals surface area contributed by atoms with Crippen molar-refractivity contribution in [1.82, 2.24) is 15.1 Å². The van der Waals surface area contributed by atoms with E-state index in [2.05, 4.69) is 5.32 Å². The van der Waals surface area contributed by atoms with E-state index in [1.54, 1.807) is 0 Å². The third-order valence-corrected chi connectivity index (χ3v) is 5.04. The highest BCUT2D eigenvalue weighted by Crippen LogP contribution is 2.28. The van der Waals surface area contributed by atoms with Gasteiger partial charge in [-0.15, -0.1) is 0 Å². The highest BCUT2D eigenvalue weighted by atomic mass is 16.2. The minimum Gasteiger partial charge on any atom is -0.339 e. The summed E-state index contributed by atoms with van der Waals surface area (Å²) >= 11 is 0. The fraction of sp³-hybridized carbons (Fsp3) is 0.882. The zero-order valence-corrected chi connectivity index (χ0v) is 14.0. The molecule has 5 heteroatoms. The number of nitrogens with zero attached hydrogens (tertiary/aromatic N) is 2. The molecule has 2 fully saturated rings. The number of carbonyl (C=O) groups is 2. The molecule has 2 rings (SSSR count). The van der Waals surface area contributed by atoms with E-state index in [4.69, 9.17) is 0 Å². The normalized spacial score (nSPS) is 19.7. The van der Waals surface area contributed by atoms with E-state index in [9.17, 15) is 9.59 Å². The maximum atomic E-state index is 12.3. The molecule has 5 nitrogen and oxygen atoms in total. The zero-order chi connectivity index (χ0) is 15.8. The maximum Gasteiger partial charge on any atom is 0.222 e. The van der Waals surface area contributed by atoms with Gasteiger partial charge in [0.2, 0.25) is 11.8 Å². The van der Waals surface area contributed by atoms with Gasteiger partial charge in [0, 0.05) is 39.0 Å². The van der Waals surface area contributed by atoms with Crippen LogP contribution in [0.4, 0.5) is 0 Å². The van der Waals surface area contributed by atoms with Gasteiger partial charge in [-0.05, 0) is 32.4 Å². The van der Waals surface area contributed by atoms with Gasteiger partial charge in [-0.2, -0.15) is 0 Å². The summed E-state index contributed by atoms with van der Waals surface area (Å²) in [5.74, 6) is 1.29. The number of carbonyl (C=O) groups excluding carboxylic acids is 2. The van der Waals surface area contributed by atoms with Gasteiger partial charge in [0.15, 0.2) is 0 Å². The number of piperazine rings is 1. The van der Waals surface area contributed by atoms with Crippen molar-refractivity contribution in [1.29, 1.82) is 0 Å². The van der Waals surface area contributed by atoms with E-state index < -0.39 is 0 Å². The van der Waals surface area contributed by atoms with Gasteiger partial charge in [0.1, 0.15) is 0 Å². The molecule has 0 bridgehead atoms. The molecule has 0 aromatic carbocycles. The zero-order valence-electron chi connectivity index (χ0n) is 14.0. The minimum atomic E-state index is 0.230. The topological polar surface area (TPSA) is 52.7 Å². The smallest absolute Gasteiger partial charge is 0.222 e. The number of hydrogen-bond donors (Lipinski definition) is 1. The molecule has 2 aliphatic rings. The highest BCUT2D eigenvalue weighted by molar-refractivity contribution is 5.78. The van der Waals surface area contributed by atoms with Gasteiger partial charge in [-0.3, -0.25) is 9.59 Å². The SMILES string of the molecule is CNCCCC(=O)N1CCN(C(=O)CCC2CCCC2)CC1. The fourth-order valence-corrected chi connectivity index (χ4v) is 3.56. The van der Waals surface area contributed by atoms with Crippen LogP contribution in [0.15, 0.2) is 0 Å². The predicted molar refractivity (Wildman–Crippen MR) is 87.5 cm³/mol. The molecular formula is C17H31N3O2. The molecule has 0 aromatic heterocycles. The van der Waals surface area contributed by atoms with E-state index in [1.807, 2.05) is 16.8 Å². The fourth-order valence-electron chi connectivity index (χ4n) is 3.56. The first-order valence-electron chi connectivity index (χ1n) is 8.91. The monoisotopic (exact) mass is 309 g/mol. The second-order valence-electron chi connectivity index (χ2n) is 6.66. The van der Waals surface area contributed by atoms with Crippen LogP contribution in [0.3, 0.4) is 0 Å². The number of amides is 2. The lowest BCUT2D eigenvalue weighted by Crippen LogP contribution is -2.50. The van der Waals surface area contributed by atoms with Crippen LogP contribution in [-0.4, -0.2) is 61.4 Å². The molecule has 0 aromatic rings. The summed E-state index contributed by atoms with van der Waals surface area (Å²) in [4.78, 5) is 28.2. The summed E-state index contributed by atoms with van der Waals surface area (Å²) in [6.45, 7) is 3.70. The highest BCUT2D eigenvalue weighted by Gasteiger charge is 2.24. The maximum absolute atomic E-state index is 12.3. The average molecular weight is 309 g/mol. The third kappa shape index (κ3) is 5.27. The number of hydrogen-bond acceptors (Lipinski definition) is 3. The summed E-state index contributed by atoms with van der Waals surface area (Å²) in [5, 5.41) is 3.06. The van der Waals surface area contributed by atoms with Crippen molar-refractivity contribution < 1.29 is 9.59 Å². The molecule has 1 aliphatic heterocycles. The summed E-state index contributed by atoms with van der Waals surface area (Å²) in [6, 6.07) is 0. The second kappa shape index (κ2) is 9.13. The number of nitrogens with one attached hydrogen (secondary N) is 1. The molecule has 1 heterocycles. The lowest BCUT2D eigenvalue weighted by atomic mass is 10.0. The summed E-state index contributed by atoms with van der Waals surface area (Å²) in [7, 11) is 1.90. The first kappa shape index (κ1) is 17.3. The Morgan fingerprint density at radius 3 is 2.05 bits per heavy atom. The largest absolute Gasteiger partial charge is 0.339 e. The van der Waals surface area contributed by atoms with Gasteiger partial charge < -0.3 is 15.1 Å². The minimum absolute atomic E-state index is 0.230. The van der Waals surface area contributed by atoms with Crippen molar-refractivity contribution in [3.8, 4) is 0 Å². The van der Waals surface area contributed by atoms with Crippen LogP contribution in [0.25, 0.3) is 0 Å². The van der Waals surface area contributed by atoms with Crippen LogP contribution in [0, 0.1) is 5.92 Å². The molecule has 2 amide bonds. The quantitative estimate of drug-likeness (QED) is 0.727. The first-order chi connectivity index (χ1) is 10.7. The van der Waals surface area contributed by atoms with E-state index in [-0.39, 0.29) is 11.8 Å². The van der Waals surface area contributed by atoms with Crippen LogP contribution in [0.5, 0.6) is 0 Å². The molecule has 0 unspecified atom stereocenters. The molecule has 1 saturated carbocycles. The molecule has 1 saturated heterocycles. The van der Waals surface area contributed by atoms with Gasteiger partial charge in [0.25, 0.3) is 0 Å². The van der Waals surface area contributed by atoms with E-state index in [0.717, 1.165) is 25.3 Å². The molecule has 0 spiro atoms. The number of rotatable bonds is 7. The first-order valence-corrected chi connectivity index (χ1v) is 8.91. The van der Waals surface area contributed by atoms with Crippen molar-refractivity contribution >= 4 is 11.8 Å². The van der Waals surface area contributed by atoms with E-state index in [1.165, 1.54) is 25.7 Å². The Hall–Kier alpha value is -1.10. The van der Waals surface area contributed by atoms with Crippen molar-refractivity contribution in [2.45, 2.75) is 51.4 Å². The molecule has 1 N–H and O–H groups in total. The summed E-state index contributed by atoms with van der Waals surface area (Å²) in [5.41, 5.74) is 0. The Morgan fingerprint density at radius 2 is 1.50 bits per heavy atom. The van der Waals surface area contributed by atoms with Crippen LogP contribution in [0.2, 0.25) is 0 Å². The molecule has 1 aliphatic carbocycles. The van der Waals surface area contributed by atoms with Crippen molar-refractivity contribution in [2.75, 3.05) is 39.8 Å². The van der Waals surface area contributed by atoms with Crippen LogP contribution in [-0.2, 0) is 9.59 Å². The Kier molecular flexibility index (Phi) is 7.16. The molecule has 0 radical (unpaired) electrons. The lowest BCUT2D eigenvalue weighted by Gasteiger charge is -2.35. The molecule has 22 heavy (non-hydrogen) atoms. The predicted octanol–water partition coefficient (Wildman–Crippen LogP) is 1.63. The summed E-state index contributed by atoms with van der Waals surface area (Å²) in [6.07, 6.45) is 8.54.